The molecule has 2 fully saturated rings. The lowest BCUT2D eigenvalue weighted by Crippen LogP contribution is -2.71. The maximum atomic E-state index is 12.2. The summed E-state index contributed by atoms with van der Waals surface area (Å²) in [4.78, 5) is 14.3. The second-order valence-electron chi connectivity index (χ2n) is 5.09. The van der Waals surface area contributed by atoms with Gasteiger partial charge in [0.15, 0.2) is 0 Å². The van der Waals surface area contributed by atoms with E-state index in [0.717, 1.165) is 18.7 Å². The van der Waals surface area contributed by atoms with E-state index in [9.17, 15) is 4.79 Å². The molecule has 3 N–H and O–H groups in total. The van der Waals surface area contributed by atoms with Crippen LogP contribution in [0.15, 0.2) is 30.3 Å². The average Bonchev–Trinajstić information content (AvgIpc) is 2.51. The topological polar surface area (TPSA) is 65.6 Å². The zero-order valence-corrected chi connectivity index (χ0v) is 11.3. The van der Waals surface area contributed by atoms with Crippen molar-refractivity contribution in [3.63, 3.8) is 0 Å². The van der Waals surface area contributed by atoms with Gasteiger partial charge in [-0.25, -0.2) is 10.9 Å². The molecule has 0 radical (unpaired) electrons. The Morgan fingerprint density at radius 1 is 1.15 bits per heavy atom. The van der Waals surface area contributed by atoms with E-state index in [1.54, 1.807) is 0 Å². The summed E-state index contributed by atoms with van der Waals surface area (Å²) in [5.41, 5.74) is 7.44. The van der Waals surface area contributed by atoms with E-state index < -0.39 is 0 Å². The first-order valence-corrected chi connectivity index (χ1v) is 7.00. The lowest BCUT2D eigenvalue weighted by atomic mass is 10.1. The Hall–Kier alpha value is -1.47. The minimum absolute atomic E-state index is 0.0316. The molecule has 6 nitrogen and oxygen atoms in total. The minimum Gasteiger partial charge on any atom is -0.379 e. The first-order chi connectivity index (χ1) is 9.83. The Balaban J connectivity index is 1.55. The molecular weight excluding hydrogens is 256 g/mol. The molecule has 108 valence electrons. The fourth-order valence-corrected chi connectivity index (χ4v) is 2.53. The number of nitrogens with one attached hydrogen (secondary N) is 3. The van der Waals surface area contributed by atoms with E-state index in [1.165, 1.54) is 0 Å². The number of carbonyl (C=O) groups is 1. The molecule has 2 aliphatic rings. The van der Waals surface area contributed by atoms with Gasteiger partial charge in [0.25, 0.3) is 0 Å². The summed E-state index contributed by atoms with van der Waals surface area (Å²) >= 11 is 0. The van der Waals surface area contributed by atoms with Gasteiger partial charge in [0.2, 0.25) is 5.91 Å². The summed E-state index contributed by atoms with van der Waals surface area (Å²) in [5.74, 6) is 0.0316. The molecule has 0 aromatic heterocycles. The zero-order chi connectivity index (χ0) is 13.8. The largest absolute Gasteiger partial charge is 0.379 e. The van der Waals surface area contributed by atoms with Gasteiger partial charge in [-0.05, 0) is 12.0 Å². The van der Waals surface area contributed by atoms with Crippen molar-refractivity contribution >= 4 is 5.91 Å². The zero-order valence-electron chi connectivity index (χ0n) is 11.3. The number of ether oxygens (including phenoxy) is 1. The number of amides is 1. The van der Waals surface area contributed by atoms with Crippen LogP contribution >= 0.6 is 0 Å². The second-order valence-corrected chi connectivity index (χ2v) is 5.09. The monoisotopic (exact) mass is 276 g/mol. The number of hydrogen-bond donors (Lipinski definition) is 3. The van der Waals surface area contributed by atoms with E-state index >= 15 is 0 Å². The van der Waals surface area contributed by atoms with Crippen LogP contribution in [-0.2, 0) is 16.0 Å². The van der Waals surface area contributed by atoms with Crippen molar-refractivity contribution in [1.29, 1.82) is 0 Å². The van der Waals surface area contributed by atoms with E-state index in [2.05, 4.69) is 21.1 Å². The van der Waals surface area contributed by atoms with Crippen molar-refractivity contribution in [2.75, 3.05) is 26.3 Å². The van der Waals surface area contributed by atoms with Crippen LogP contribution in [-0.4, -0.2) is 49.4 Å². The van der Waals surface area contributed by atoms with Gasteiger partial charge in [-0.15, -0.1) is 0 Å². The average molecular weight is 276 g/mol. The Morgan fingerprint density at radius 2 is 1.90 bits per heavy atom. The van der Waals surface area contributed by atoms with E-state index in [1.807, 2.05) is 30.3 Å². The third kappa shape index (κ3) is 3.16. The number of hydrazine groups is 1. The van der Waals surface area contributed by atoms with Crippen molar-refractivity contribution in [3.05, 3.63) is 35.9 Å². The lowest BCUT2D eigenvalue weighted by Gasteiger charge is -2.39. The van der Waals surface area contributed by atoms with Crippen LogP contribution < -0.4 is 16.2 Å². The van der Waals surface area contributed by atoms with Crippen LogP contribution in [0.4, 0.5) is 0 Å². The fourth-order valence-electron chi connectivity index (χ4n) is 2.53. The highest BCUT2D eigenvalue weighted by Crippen LogP contribution is 2.07. The highest BCUT2D eigenvalue weighted by molar-refractivity contribution is 5.82. The predicted molar refractivity (Wildman–Crippen MR) is 74.5 cm³/mol. The number of benzene rings is 1. The fraction of sp³-hybridized carbons (Fsp3) is 0.500. The molecule has 2 aliphatic heterocycles. The van der Waals surface area contributed by atoms with Crippen molar-refractivity contribution in [2.45, 2.75) is 18.8 Å². The quantitative estimate of drug-likeness (QED) is 0.690. The molecule has 6 heteroatoms. The van der Waals surface area contributed by atoms with Gasteiger partial charge in [0.1, 0.15) is 12.3 Å². The Labute approximate surface area is 118 Å². The van der Waals surface area contributed by atoms with Crippen molar-refractivity contribution in [3.8, 4) is 0 Å². The molecule has 2 heterocycles. The first kappa shape index (κ1) is 13.5. The highest BCUT2D eigenvalue weighted by Gasteiger charge is 2.31. The second kappa shape index (κ2) is 6.32. The SMILES string of the molecule is O=C1NC(N2CCOCC2)NNC1Cc1ccccc1. The molecule has 0 aliphatic carbocycles. The standard InChI is InChI=1S/C14H20N4O2/c19-13-12(10-11-4-2-1-3-5-11)16-17-14(15-13)18-6-8-20-9-7-18/h1-5,12,14,16-17H,6-10H2,(H,15,19). The van der Waals surface area contributed by atoms with Gasteiger partial charge in [0.05, 0.1) is 13.2 Å². The van der Waals surface area contributed by atoms with Crippen LogP contribution in [0.5, 0.6) is 0 Å². The maximum absolute atomic E-state index is 12.2. The lowest BCUT2D eigenvalue weighted by molar-refractivity contribution is -0.131. The van der Waals surface area contributed by atoms with Gasteiger partial charge >= 0.3 is 0 Å². The Bertz CT molecular complexity index is 448. The number of nitrogens with zero attached hydrogens (tertiary/aromatic N) is 1. The van der Waals surface area contributed by atoms with Gasteiger partial charge in [0, 0.05) is 13.1 Å². The molecule has 1 amide bonds. The normalized spacial score (nSPS) is 28.1. The number of rotatable bonds is 3. The smallest absolute Gasteiger partial charge is 0.241 e. The van der Waals surface area contributed by atoms with Crippen LogP contribution in [0.3, 0.4) is 0 Å². The Morgan fingerprint density at radius 3 is 2.60 bits per heavy atom. The van der Waals surface area contributed by atoms with Crippen molar-refractivity contribution in [1.82, 2.24) is 21.1 Å². The van der Waals surface area contributed by atoms with Gasteiger partial charge in [-0.2, -0.15) is 0 Å². The molecule has 20 heavy (non-hydrogen) atoms. The molecule has 1 aromatic carbocycles. The molecular formula is C14H20N4O2. The van der Waals surface area contributed by atoms with Crippen molar-refractivity contribution < 1.29 is 9.53 Å². The van der Waals surface area contributed by atoms with E-state index in [4.69, 9.17) is 4.74 Å². The maximum Gasteiger partial charge on any atom is 0.241 e. The molecule has 3 rings (SSSR count). The van der Waals surface area contributed by atoms with E-state index in [-0.39, 0.29) is 18.2 Å². The molecule has 0 bridgehead atoms. The van der Waals surface area contributed by atoms with Crippen LogP contribution in [0.1, 0.15) is 5.56 Å². The minimum atomic E-state index is -0.241. The Kier molecular flexibility index (Phi) is 4.27. The summed E-state index contributed by atoms with van der Waals surface area (Å²) in [6.45, 7) is 3.06. The molecule has 0 spiro atoms. The van der Waals surface area contributed by atoms with E-state index in [0.29, 0.717) is 19.6 Å². The molecule has 2 atom stereocenters. The molecule has 0 saturated carbocycles. The number of morpholine rings is 1. The number of hydrogen-bond acceptors (Lipinski definition) is 5. The predicted octanol–water partition coefficient (Wildman–Crippen LogP) is -0.562. The summed E-state index contributed by atoms with van der Waals surface area (Å²) < 4.78 is 5.31. The third-order valence-electron chi connectivity index (χ3n) is 3.68. The van der Waals surface area contributed by atoms with Crippen LogP contribution in [0, 0.1) is 0 Å². The molecule has 2 saturated heterocycles. The highest BCUT2D eigenvalue weighted by atomic mass is 16.5. The summed E-state index contributed by atoms with van der Waals surface area (Å²) in [5, 5.41) is 3.01. The first-order valence-electron chi connectivity index (χ1n) is 7.00. The summed E-state index contributed by atoms with van der Waals surface area (Å²) in [6.07, 6.45) is 0.522. The molecule has 2 unspecified atom stereocenters. The summed E-state index contributed by atoms with van der Waals surface area (Å²) in [7, 11) is 0. The number of carbonyl (C=O) groups excluding carboxylic acids is 1. The van der Waals surface area contributed by atoms with Crippen LogP contribution in [0.25, 0.3) is 0 Å². The van der Waals surface area contributed by atoms with Gasteiger partial charge < -0.3 is 10.1 Å². The third-order valence-corrected chi connectivity index (χ3v) is 3.68. The van der Waals surface area contributed by atoms with Gasteiger partial charge in [-0.1, -0.05) is 30.3 Å². The molecule has 1 aromatic rings. The van der Waals surface area contributed by atoms with Crippen molar-refractivity contribution in [2.24, 2.45) is 0 Å². The van der Waals surface area contributed by atoms with Gasteiger partial charge in [-0.3, -0.25) is 9.69 Å². The summed E-state index contributed by atoms with van der Waals surface area (Å²) in [6, 6.07) is 9.77. The van der Waals surface area contributed by atoms with Crippen LogP contribution in [0.2, 0.25) is 0 Å².